The Morgan fingerprint density at radius 2 is 2.02 bits per heavy atom. The van der Waals surface area contributed by atoms with Gasteiger partial charge >= 0.3 is 16.4 Å². The number of nitrogen functional groups attached to an aromatic ring is 1. The van der Waals surface area contributed by atoms with Crippen LogP contribution in [0, 0.1) is 5.41 Å². The maximum atomic E-state index is 13.5. The van der Waals surface area contributed by atoms with Crippen LogP contribution >= 0.6 is 11.3 Å². The zero-order chi connectivity index (χ0) is 35.7. The molecule has 5 rings (SSSR count). The molecule has 0 spiro atoms. The Hall–Kier alpha value is -4.37. The number of oxime groups is 1. The fraction of sp³-hybridized carbons (Fsp3) is 0.517. The molecule has 266 valence electrons. The summed E-state index contributed by atoms with van der Waals surface area (Å²) in [6.45, 7) is 5.83. The van der Waals surface area contributed by atoms with Crippen LogP contribution in [0.3, 0.4) is 0 Å². The zero-order valence-electron chi connectivity index (χ0n) is 26.9. The number of hydrogen-bond acceptors (Lipinski definition) is 14. The summed E-state index contributed by atoms with van der Waals surface area (Å²) in [7, 11) is -5.03. The maximum Gasteiger partial charge on any atom is 0.418 e. The van der Waals surface area contributed by atoms with Crippen LogP contribution in [0.25, 0.3) is 0 Å². The first-order valence-corrected chi connectivity index (χ1v) is 17.6. The number of nitrogens with zero attached hydrogens (tertiary/aromatic N) is 3. The second-order valence-corrected chi connectivity index (χ2v) is 14.5. The van der Waals surface area contributed by atoms with E-state index in [1.165, 1.54) is 26.2 Å². The Kier molecular flexibility index (Phi) is 10.2. The van der Waals surface area contributed by atoms with Crippen molar-refractivity contribution in [3.8, 4) is 5.75 Å². The number of fused-ring (bicyclic) bond motifs is 1. The van der Waals surface area contributed by atoms with Crippen LogP contribution in [0.5, 0.6) is 5.75 Å². The van der Waals surface area contributed by atoms with Crippen LogP contribution in [0.15, 0.2) is 28.7 Å². The molecule has 2 amide bonds. The van der Waals surface area contributed by atoms with E-state index >= 15 is 0 Å². The number of carboxylic acids is 1. The van der Waals surface area contributed by atoms with E-state index in [0.29, 0.717) is 28.6 Å². The van der Waals surface area contributed by atoms with Gasteiger partial charge in [0.05, 0.1) is 5.54 Å². The molecule has 0 radical (unpaired) electrons. The minimum atomic E-state index is -5.03. The quantitative estimate of drug-likeness (QED) is 0.0550. The number of nitrogens with one attached hydrogen (secondary N) is 4. The Balaban J connectivity index is 1.32. The fourth-order valence-electron chi connectivity index (χ4n) is 5.78. The molecule has 0 unspecified atom stereocenters. The zero-order valence-corrected chi connectivity index (χ0v) is 28.5. The van der Waals surface area contributed by atoms with Crippen molar-refractivity contribution < 1.29 is 46.3 Å². The van der Waals surface area contributed by atoms with Crippen molar-refractivity contribution in [3.05, 3.63) is 40.4 Å². The monoisotopic (exact) mass is 722 g/mol. The third-order valence-corrected chi connectivity index (χ3v) is 9.70. The number of β-lactam (4-membered cyclic amide) rings is 1. The smallest absolute Gasteiger partial charge is 0.418 e. The number of ether oxygens (including phenoxy) is 1. The van der Waals surface area contributed by atoms with Crippen molar-refractivity contribution >= 4 is 56.2 Å². The summed E-state index contributed by atoms with van der Waals surface area (Å²) in [5.41, 5.74) is 3.08. The van der Waals surface area contributed by atoms with Crippen LogP contribution < -0.4 is 26.4 Å². The number of hydroxylamine groups is 2. The number of amidine groups is 1. The summed E-state index contributed by atoms with van der Waals surface area (Å²) in [6, 6.07) is 4.10. The summed E-state index contributed by atoms with van der Waals surface area (Å²) < 4.78 is 41.8. The Labute approximate surface area is 285 Å². The lowest BCUT2D eigenvalue weighted by atomic mass is 9.84. The Bertz CT molecular complexity index is 1770. The highest BCUT2D eigenvalue weighted by Crippen LogP contribution is 2.35. The summed E-state index contributed by atoms with van der Waals surface area (Å²) in [5.74, 6) is -2.73. The van der Waals surface area contributed by atoms with Gasteiger partial charge in [0.25, 0.3) is 17.4 Å². The number of carboxylic acid groups (broad SMARTS) is 1. The van der Waals surface area contributed by atoms with Gasteiger partial charge in [0, 0.05) is 17.0 Å². The standard InChI is InChI=1S/C29H38N8O10S2/c1-28(2)22(25(39)37(28)47-49(42,43)44)35-24(38)21(18-14-48-27(31)34-18)36-46-29(3,26(40)41)20-9-7-15-13-16(6-8-19(15)45-20)23(30)33-17-5-4-11-32-12-10-17/h6,8,13-14,17,20,22,32H,4-5,7,9-12H2,1-3H3,(H2,30,33)(H2,31,34)(H,35,38)(H,40,41)(H,42,43,44)/b36-21-/t17-,20+,22+,29-/m0/s1. The molecule has 1 aromatic heterocycles. The van der Waals surface area contributed by atoms with Crippen molar-refractivity contribution in [2.24, 2.45) is 5.16 Å². The van der Waals surface area contributed by atoms with Gasteiger partial charge in [-0.15, -0.1) is 15.6 Å². The predicted octanol–water partition coefficient (Wildman–Crippen LogP) is 0.580. The van der Waals surface area contributed by atoms with Gasteiger partial charge in [-0.2, -0.15) is 13.5 Å². The number of thiazole rings is 1. The second-order valence-electron chi connectivity index (χ2n) is 12.6. The molecule has 0 saturated carbocycles. The van der Waals surface area contributed by atoms with Crippen molar-refractivity contribution in [1.29, 1.82) is 5.41 Å². The van der Waals surface area contributed by atoms with E-state index in [2.05, 4.69) is 30.4 Å². The lowest BCUT2D eigenvalue weighted by Gasteiger charge is -2.50. The highest BCUT2D eigenvalue weighted by atomic mass is 32.3. The number of anilines is 1. The molecule has 18 nitrogen and oxygen atoms in total. The number of carbonyl (C=O) groups excluding carboxylic acids is 2. The highest BCUT2D eigenvalue weighted by molar-refractivity contribution is 7.80. The van der Waals surface area contributed by atoms with E-state index in [4.69, 9.17) is 25.3 Å². The van der Waals surface area contributed by atoms with Crippen LogP contribution in [-0.4, -0.2) is 99.9 Å². The predicted molar refractivity (Wildman–Crippen MR) is 175 cm³/mol. The molecule has 2 fully saturated rings. The summed E-state index contributed by atoms with van der Waals surface area (Å²) >= 11 is 0.967. The number of hydrogen-bond donors (Lipinski definition) is 7. The third-order valence-electron chi connectivity index (χ3n) is 8.68. The number of amides is 2. The van der Waals surface area contributed by atoms with E-state index in [1.807, 2.05) is 6.07 Å². The first-order valence-electron chi connectivity index (χ1n) is 15.4. The molecule has 0 aliphatic carbocycles. The number of rotatable bonds is 11. The molecule has 2 aromatic rings. The van der Waals surface area contributed by atoms with Gasteiger partial charge in [0.1, 0.15) is 23.3 Å². The lowest BCUT2D eigenvalue weighted by molar-refractivity contribution is -0.218. The van der Waals surface area contributed by atoms with Crippen molar-refractivity contribution in [2.45, 2.75) is 82.2 Å². The molecule has 4 atom stereocenters. The molecule has 8 N–H and O–H groups in total. The summed E-state index contributed by atoms with van der Waals surface area (Å²) in [5, 5.41) is 33.7. The highest BCUT2D eigenvalue weighted by Gasteiger charge is 2.58. The number of aromatic nitrogens is 1. The van der Waals surface area contributed by atoms with Crippen LogP contribution in [0.2, 0.25) is 0 Å². The second kappa shape index (κ2) is 13.9. The SMILES string of the molecule is CC1(C)[C@H](NC(=O)/C(=N\O[C@](C)(C(=O)O)[C@H]2CCc3cc(C(=N)N[C@H]4CCCNCC4)ccc3O2)c2csc(N)n2)C(=O)N1OS(=O)(=O)O. The van der Waals surface area contributed by atoms with Gasteiger partial charge in [-0.3, -0.25) is 19.6 Å². The van der Waals surface area contributed by atoms with Gasteiger partial charge in [-0.1, -0.05) is 5.16 Å². The minimum Gasteiger partial charge on any atom is -0.485 e. The summed E-state index contributed by atoms with van der Waals surface area (Å²) in [6.07, 6.45) is 2.43. The molecule has 4 heterocycles. The van der Waals surface area contributed by atoms with Crippen LogP contribution in [0.1, 0.15) is 63.3 Å². The Morgan fingerprint density at radius 3 is 2.67 bits per heavy atom. The largest absolute Gasteiger partial charge is 0.485 e. The van der Waals surface area contributed by atoms with Crippen molar-refractivity contribution in [2.75, 3.05) is 18.8 Å². The van der Waals surface area contributed by atoms with E-state index in [9.17, 15) is 27.9 Å². The first-order chi connectivity index (χ1) is 23.0. The fourth-order valence-corrected chi connectivity index (χ4v) is 6.78. The molecular weight excluding hydrogens is 684 g/mol. The lowest BCUT2D eigenvalue weighted by Crippen LogP contribution is -2.76. The van der Waals surface area contributed by atoms with Gasteiger partial charge in [0.2, 0.25) is 0 Å². The third kappa shape index (κ3) is 7.77. The Morgan fingerprint density at radius 1 is 1.27 bits per heavy atom. The van der Waals surface area contributed by atoms with E-state index in [0.717, 1.165) is 49.3 Å². The first kappa shape index (κ1) is 35.9. The number of carbonyl (C=O) groups is 3. The van der Waals surface area contributed by atoms with Crippen LogP contribution in [0.4, 0.5) is 5.13 Å². The van der Waals surface area contributed by atoms with E-state index in [1.54, 1.807) is 12.1 Å². The van der Waals surface area contributed by atoms with Gasteiger partial charge in [-0.05, 0) is 89.7 Å². The molecule has 3 aliphatic rings. The van der Waals surface area contributed by atoms with E-state index in [-0.39, 0.29) is 23.3 Å². The minimum absolute atomic E-state index is 0.0605. The summed E-state index contributed by atoms with van der Waals surface area (Å²) in [4.78, 5) is 48.4. The average Bonchev–Trinajstić information content (AvgIpc) is 3.30. The van der Waals surface area contributed by atoms with Gasteiger partial charge in [-0.25, -0.2) is 9.78 Å². The number of aliphatic carboxylic acids is 1. The molecule has 3 aliphatic heterocycles. The molecule has 20 heteroatoms. The molecule has 1 aromatic carbocycles. The molecule has 2 saturated heterocycles. The normalized spacial score (nSPS) is 23.5. The number of benzene rings is 1. The molecular formula is C29H38N8O10S2. The number of nitrogens with two attached hydrogens (primary N) is 1. The van der Waals surface area contributed by atoms with Crippen molar-refractivity contribution in [3.63, 3.8) is 0 Å². The van der Waals surface area contributed by atoms with Gasteiger partial charge < -0.3 is 36.4 Å². The molecule has 0 bridgehead atoms. The topological polar surface area (TPSA) is 268 Å². The molecule has 49 heavy (non-hydrogen) atoms. The maximum absolute atomic E-state index is 13.5. The van der Waals surface area contributed by atoms with Gasteiger partial charge in [0.15, 0.2) is 16.9 Å². The number of aryl methyl sites for hydroxylation is 1. The van der Waals surface area contributed by atoms with Crippen LogP contribution in [-0.2, 0) is 40.3 Å². The van der Waals surface area contributed by atoms with E-state index < -0.39 is 57.2 Å². The van der Waals surface area contributed by atoms with Crippen molar-refractivity contribution in [1.82, 2.24) is 26.0 Å². The average molecular weight is 723 g/mol.